The standard InChI is InChI=1S/C16H17NO/c1-12(15(17)13-8-4-2-5-9-13)16(18)14-10-6-3-7-11-14/h2-12,15H,17H2,1H3/t12-,15+/m1/s1. The molecule has 2 atom stereocenters. The smallest absolute Gasteiger partial charge is 0.167 e. The largest absolute Gasteiger partial charge is 0.323 e. The molecular formula is C16H17NO. The van der Waals surface area contributed by atoms with Crippen molar-refractivity contribution in [2.24, 2.45) is 11.7 Å². The number of benzene rings is 2. The first-order chi connectivity index (χ1) is 8.70. The lowest BCUT2D eigenvalue weighted by molar-refractivity contribution is 0.0913. The van der Waals surface area contributed by atoms with Crippen molar-refractivity contribution < 1.29 is 4.79 Å². The van der Waals surface area contributed by atoms with Crippen LogP contribution in [-0.4, -0.2) is 5.78 Å². The van der Waals surface area contributed by atoms with Gasteiger partial charge in [0, 0.05) is 17.5 Å². The third kappa shape index (κ3) is 2.66. The van der Waals surface area contributed by atoms with Gasteiger partial charge in [0.15, 0.2) is 5.78 Å². The van der Waals surface area contributed by atoms with Gasteiger partial charge in [-0.25, -0.2) is 0 Å². The van der Waals surface area contributed by atoms with Gasteiger partial charge in [0.05, 0.1) is 0 Å². The summed E-state index contributed by atoms with van der Waals surface area (Å²) in [7, 11) is 0. The minimum atomic E-state index is -0.265. The van der Waals surface area contributed by atoms with Crippen LogP contribution in [0.1, 0.15) is 28.9 Å². The van der Waals surface area contributed by atoms with E-state index in [0.717, 1.165) is 11.1 Å². The van der Waals surface area contributed by atoms with Gasteiger partial charge in [-0.2, -0.15) is 0 Å². The van der Waals surface area contributed by atoms with Gasteiger partial charge in [-0.05, 0) is 5.56 Å². The molecule has 0 aliphatic heterocycles. The van der Waals surface area contributed by atoms with E-state index >= 15 is 0 Å². The number of Topliss-reactive ketones (excluding diaryl/α,β-unsaturated/α-hetero) is 1. The van der Waals surface area contributed by atoms with Crippen molar-refractivity contribution in [3.05, 3.63) is 71.8 Å². The SMILES string of the molecule is C[C@@H](C(=O)c1ccccc1)[C@H](N)c1ccccc1. The summed E-state index contributed by atoms with van der Waals surface area (Å²) in [5.41, 5.74) is 7.87. The highest BCUT2D eigenvalue weighted by molar-refractivity contribution is 5.98. The van der Waals surface area contributed by atoms with E-state index < -0.39 is 0 Å². The predicted octanol–water partition coefficient (Wildman–Crippen LogP) is 3.21. The molecule has 2 aromatic rings. The Labute approximate surface area is 107 Å². The first-order valence-electron chi connectivity index (χ1n) is 6.10. The van der Waals surface area contributed by atoms with Gasteiger partial charge in [-0.1, -0.05) is 67.6 Å². The highest BCUT2D eigenvalue weighted by atomic mass is 16.1. The van der Waals surface area contributed by atoms with Crippen molar-refractivity contribution in [1.82, 2.24) is 0 Å². The number of carbonyl (C=O) groups excluding carboxylic acids is 1. The van der Waals surface area contributed by atoms with E-state index in [9.17, 15) is 4.79 Å². The second-order valence-electron chi connectivity index (χ2n) is 4.46. The summed E-state index contributed by atoms with van der Waals surface area (Å²) >= 11 is 0. The van der Waals surface area contributed by atoms with Gasteiger partial charge in [0.2, 0.25) is 0 Å². The van der Waals surface area contributed by atoms with Crippen LogP contribution >= 0.6 is 0 Å². The number of ketones is 1. The molecule has 0 amide bonds. The molecule has 0 unspecified atom stereocenters. The average Bonchev–Trinajstić information content (AvgIpc) is 2.47. The van der Waals surface area contributed by atoms with E-state index in [1.165, 1.54) is 0 Å². The molecule has 0 fully saturated rings. The summed E-state index contributed by atoms with van der Waals surface area (Å²) in [6.07, 6.45) is 0. The van der Waals surface area contributed by atoms with Crippen molar-refractivity contribution in [2.75, 3.05) is 0 Å². The molecule has 2 nitrogen and oxygen atoms in total. The summed E-state index contributed by atoms with van der Waals surface area (Å²) in [4.78, 5) is 12.3. The predicted molar refractivity (Wildman–Crippen MR) is 73.3 cm³/mol. The van der Waals surface area contributed by atoms with Crippen LogP contribution in [-0.2, 0) is 0 Å². The monoisotopic (exact) mass is 239 g/mol. The summed E-state index contributed by atoms with van der Waals surface area (Å²) in [5.74, 6) is -0.137. The van der Waals surface area contributed by atoms with Crippen LogP contribution in [0.2, 0.25) is 0 Å². The van der Waals surface area contributed by atoms with E-state index in [2.05, 4.69) is 0 Å². The van der Waals surface area contributed by atoms with Crippen LogP contribution in [0.25, 0.3) is 0 Å². The van der Waals surface area contributed by atoms with Crippen molar-refractivity contribution in [3.8, 4) is 0 Å². The number of carbonyl (C=O) groups is 1. The van der Waals surface area contributed by atoms with Gasteiger partial charge in [-0.15, -0.1) is 0 Å². The van der Waals surface area contributed by atoms with Crippen LogP contribution < -0.4 is 5.73 Å². The highest BCUT2D eigenvalue weighted by Crippen LogP contribution is 2.22. The molecule has 0 heterocycles. The van der Waals surface area contributed by atoms with Gasteiger partial charge in [0.25, 0.3) is 0 Å². The molecule has 0 aliphatic carbocycles. The lowest BCUT2D eigenvalue weighted by Crippen LogP contribution is -2.26. The normalized spacial score (nSPS) is 13.9. The van der Waals surface area contributed by atoms with Crippen LogP contribution in [0.15, 0.2) is 60.7 Å². The minimum absolute atomic E-state index is 0.0898. The summed E-state index contributed by atoms with van der Waals surface area (Å²) < 4.78 is 0. The van der Waals surface area contributed by atoms with E-state index in [0.29, 0.717) is 0 Å². The van der Waals surface area contributed by atoms with Crippen molar-refractivity contribution in [2.45, 2.75) is 13.0 Å². The lowest BCUT2D eigenvalue weighted by atomic mass is 9.89. The first-order valence-corrected chi connectivity index (χ1v) is 6.10. The van der Waals surface area contributed by atoms with Crippen LogP contribution in [0.5, 0.6) is 0 Å². The average molecular weight is 239 g/mol. The maximum Gasteiger partial charge on any atom is 0.167 e. The molecule has 92 valence electrons. The minimum Gasteiger partial charge on any atom is -0.323 e. The van der Waals surface area contributed by atoms with Crippen molar-refractivity contribution >= 4 is 5.78 Å². The Hall–Kier alpha value is -1.93. The van der Waals surface area contributed by atoms with E-state index in [-0.39, 0.29) is 17.7 Å². The lowest BCUT2D eigenvalue weighted by Gasteiger charge is -2.19. The fraction of sp³-hybridized carbons (Fsp3) is 0.188. The van der Waals surface area contributed by atoms with E-state index in [1.807, 2.05) is 67.6 Å². The Morgan fingerprint density at radius 3 is 2.00 bits per heavy atom. The quantitative estimate of drug-likeness (QED) is 0.832. The molecule has 0 radical (unpaired) electrons. The number of rotatable bonds is 4. The number of hydrogen-bond donors (Lipinski definition) is 1. The molecule has 0 spiro atoms. The Kier molecular flexibility index (Phi) is 3.90. The van der Waals surface area contributed by atoms with Crippen molar-refractivity contribution in [1.29, 1.82) is 0 Å². The van der Waals surface area contributed by atoms with E-state index in [1.54, 1.807) is 0 Å². The second-order valence-corrected chi connectivity index (χ2v) is 4.46. The number of hydrogen-bond acceptors (Lipinski definition) is 2. The molecule has 18 heavy (non-hydrogen) atoms. The van der Waals surface area contributed by atoms with Crippen LogP contribution in [0.3, 0.4) is 0 Å². The van der Waals surface area contributed by atoms with Crippen LogP contribution in [0.4, 0.5) is 0 Å². The Morgan fingerprint density at radius 1 is 0.944 bits per heavy atom. The molecule has 2 aromatic carbocycles. The Bertz CT molecular complexity index is 507. The van der Waals surface area contributed by atoms with Gasteiger partial charge < -0.3 is 5.73 Å². The zero-order valence-corrected chi connectivity index (χ0v) is 10.4. The Morgan fingerprint density at radius 2 is 1.44 bits per heavy atom. The zero-order valence-electron chi connectivity index (χ0n) is 10.4. The zero-order chi connectivity index (χ0) is 13.0. The summed E-state index contributed by atoms with van der Waals surface area (Å²) in [6, 6.07) is 18.8. The third-order valence-corrected chi connectivity index (χ3v) is 3.20. The second kappa shape index (κ2) is 5.61. The number of nitrogens with two attached hydrogens (primary N) is 1. The van der Waals surface area contributed by atoms with Gasteiger partial charge in [-0.3, -0.25) is 4.79 Å². The highest BCUT2D eigenvalue weighted by Gasteiger charge is 2.22. The Balaban J connectivity index is 2.17. The molecule has 0 aliphatic rings. The maximum absolute atomic E-state index is 12.3. The fourth-order valence-corrected chi connectivity index (χ4v) is 1.99. The fourth-order valence-electron chi connectivity index (χ4n) is 1.99. The molecule has 2 N–H and O–H groups in total. The topological polar surface area (TPSA) is 43.1 Å². The molecule has 0 aromatic heterocycles. The summed E-state index contributed by atoms with van der Waals surface area (Å²) in [6.45, 7) is 1.88. The molecule has 0 saturated heterocycles. The van der Waals surface area contributed by atoms with Crippen LogP contribution in [0, 0.1) is 5.92 Å². The van der Waals surface area contributed by atoms with Gasteiger partial charge in [0.1, 0.15) is 0 Å². The third-order valence-electron chi connectivity index (χ3n) is 3.20. The maximum atomic E-state index is 12.3. The van der Waals surface area contributed by atoms with E-state index in [4.69, 9.17) is 5.73 Å². The van der Waals surface area contributed by atoms with Crippen molar-refractivity contribution in [3.63, 3.8) is 0 Å². The van der Waals surface area contributed by atoms with Gasteiger partial charge >= 0.3 is 0 Å². The molecule has 0 saturated carbocycles. The molecule has 2 rings (SSSR count). The summed E-state index contributed by atoms with van der Waals surface area (Å²) in [5, 5.41) is 0. The molecule has 0 bridgehead atoms. The molecular weight excluding hydrogens is 222 g/mol. The first kappa shape index (κ1) is 12.5. The molecule has 2 heteroatoms.